The summed E-state index contributed by atoms with van der Waals surface area (Å²) in [6.07, 6.45) is 0. The molecule has 0 aromatic rings. The standard InChI is InChI=1S/C16H40N2Si2/c1-13(2,3)17(14(4,5)6)19-20-18(15(7,8)9)16(10,11)12/h19-20H2,1-12H3. The SMILES string of the molecule is CC(C)(C)N([SiH2][SiH2]N(C(C)(C)C)C(C)(C)C)C(C)(C)C. The average molecular weight is 317 g/mol. The summed E-state index contributed by atoms with van der Waals surface area (Å²) >= 11 is 0. The Balaban J connectivity index is 5.10. The minimum absolute atomic E-state index is 0.192. The lowest BCUT2D eigenvalue weighted by molar-refractivity contribution is 0.130. The first-order chi connectivity index (χ1) is 8.47. The Kier molecular flexibility index (Phi) is 6.34. The smallest absolute Gasteiger partial charge is 0.0981 e. The first-order valence-corrected chi connectivity index (χ1v) is 13.3. The second kappa shape index (κ2) is 6.23. The van der Waals surface area contributed by atoms with Crippen molar-refractivity contribution in [2.45, 2.75) is 105 Å². The van der Waals surface area contributed by atoms with Gasteiger partial charge in [-0.1, -0.05) is 0 Å². The molecule has 0 unspecified atom stereocenters. The van der Waals surface area contributed by atoms with Crippen LogP contribution >= 0.6 is 0 Å². The lowest BCUT2D eigenvalue weighted by Crippen LogP contribution is -2.62. The van der Waals surface area contributed by atoms with E-state index in [1.165, 1.54) is 0 Å². The van der Waals surface area contributed by atoms with E-state index in [0.717, 1.165) is 0 Å². The highest BCUT2D eigenvalue weighted by Gasteiger charge is 2.35. The molecule has 4 heteroatoms. The minimum atomic E-state index is -0.192. The normalized spacial score (nSPS) is 16.5. The van der Waals surface area contributed by atoms with Crippen LogP contribution in [0, 0.1) is 0 Å². The lowest BCUT2D eigenvalue weighted by Gasteiger charge is -2.50. The molecule has 0 saturated carbocycles. The number of rotatable bonds is 3. The molecule has 0 saturated heterocycles. The van der Waals surface area contributed by atoms with Crippen molar-refractivity contribution in [1.29, 1.82) is 0 Å². The fourth-order valence-corrected chi connectivity index (χ4v) is 15.9. The van der Waals surface area contributed by atoms with Gasteiger partial charge < -0.3 is 9.13 Å². The van der Waals surface area contributed by atoms with Crippen LogP contribution in [0.1, 0.15) is 83.1 Å². The van der Waals surface area contributed by atoms with Crippen molar-refractivity contribution in [2.75, 3.05) is 0 Å². The van der Waals surface area contributed by atoms with Crippen LogP contribution in [-0.2, 0) is 0 Å². The Morgan fingerprint density at radius 3 is 0.650 bits per heavy atom. The van der Waals surface area contributed by atoms with Crippen molar-refractivity contribution in [3.05, 3.63) is 0 Å². The van der Waals surface area contributed by atoms with E-state index in [1.807, 2.05) is 0 Å². The molecular weight excluding hydrogens is 276 g/mol. The molecule has 0 fully saturated rings. The van der Waals surface area contributed by atoms with Gasteiger partial charge in [-0.2, -0.15) is 0 Å². The van der Waals surface area contributed by atoms with Gasteiger partial charge in [0.2, 0.25) is 0 Å². The van der Waals surface area contributed by atoms with E-state index in [1.54, 1.807) is 0 Å². The van der Waals surface area contributed by atoms with E-state index >= 15 is 0 Å². The van der Waals surface area contributed by atoms with Crippen molar-refractivity contribution in [1.82, 2.24) is 9.13 Å². The fourth-order valence-electron chi connectivity index (χ4n) is 3.55. The van der Waals surface area contributed by atoms with Gasteiger partial charge >= 0.3 is 0 Å². The molecule has 122 valence electrons. The summed E-state index contributed by atoms with van der Waals surface area (Å²) in [6.45, 7) is 28.5. The van der Waals surface area contributed by atoms with Gasteiger partial charge in [-0.05, 0) is 83.1 Å². The van der Waals surface area contributed by atoms with Gasteiger partial charge in [0.15, 0.2) is 0 Å². The van der Waals surface area contributed by atoms with E-state index in [9.17, 15) is 0 Å². The van der Waals surface area contributed by atoms with E-state index in [-0.39, 0.29) is 18.4 Å². The zero-order valence-corrected chi connectivity index (χ0v) is 19.1. The molecule has 0 aromatic heterocycles. The minimum Gasteiger partial charge on any atom is -0.321 e. The van der Waals surface area contributed by atoms with Crippen LogP contribution < -0.4 is 0 Å². The second-order valence-electron chi connectivity index (χ2n) is 9.99. The van der Waals surface area contributed by atoms with Crippen LogP contribution in [0.15, 0.2) is 0 Å². The molecule has 0 radical (unpaired) electrons. The molecule has 0 N–H and O–H groups in total. The quantitative estimate of drug-likeness (QED) is 0.739. The molecule has 0 heterocycles. The molecule has 0 aliphatic rings. The molecule has 0 aliphatic carbocycles. The summed E-state index contributed by atoms with van der Waals surface area (Å²) < 4.78 is 5.63. The van der Waals surface area contributed by atoms with Gasteiger partial charge in [0.05, 0.1) is 18.4 Å². The molecule has 0 amide bonds. The van der Waals surface area contributed by atoms with Crippen LogP contribution in [0.5, 0.6) is 0 Å². The van der Waals surface area contributed by atoms with Crippen molar-refractivity contribution < 1.29 is 0 Å². The highest BCUT2D eigenvalue weighted by molar-refractivity contribution is 6.97. The maximum absolute atomic E-state index is 2.82. The second-order valence-corrected chi connectivity index (χ2v) is 14.8. The third-order valence-corrected chi connectivity index (χ3v) is 12.0. The molecule has 0 aliphatic heterocycles. The Hall–Kier alpha value is 0.354. The summed E-state index contributed by atoms with van der Waals surface area (Å²) in [7, 11) is -0.384. The third kappa shape index (κ3) is 6.41. The lowest BCUT2D eigenvalue weighted by atomic mass is 10.0. The third-order valence-electron chi connectivity index (χ3n) is 3.79. The van der Waals surface area contributed by atoms with E-state index in [4.69, 9.17) is 0 Å². The van der Waals surface area contributed by atoms with Crippen molar-refractivity contribution >= 4 is 18.4 Å². The van der Waals surface area contributed by atoms with Crippen molar-refractivity contribution in [2.24, 2.45) is 0 Å². The van der Waals surface area contributed by atoms with Crippen LogP contribution in [0.25, 0.3) is 0 Å². The van der Waals surface area contributed by atoms with Crippen molar-refractivity contribution in [3.8, 4) is 0 Å². The molecule has 0 bridgehead atoms. The predicted molar refractivity (Wildman–Crippen MR) is 99.8 cm³/mol. The summed E-state index contributed by atoms with van der Waals surface area (Å²) in [5.74, 6) is 0. The van der Waals surface area contributed by atoms with Gasteiger partial charge in [0.25, 0.3) is 0 Å². The Morgan fingerprint density at radius 1 is 0.400 bits per heavy atom. The predicted octanol–water partition coefficient (Wildman–Crippen LogP) is 2.87. The van der Waals surface area contributed by atoms with Crippen LogP contribution in [0.3, 0.4) is 0 Å². The van der Waals surface area contributed by atoms with Gasteiger partial charge in [-0.25, -0.2) is 0 Å². The number of nitrogens with zero attached hydrogens (tertiary/aromatic N) is 2. The number of hydrogen-bond acceptors (Lipinski definition) is 2. The Morgan fingerprint density at radius 2 is 0.550 bits per heavy atom. The van der Waals surface area contributed by atoms with Crippen LogP contribution in [0.2, 0.25) is 0 Å². The first kappa shape index (κ1) is 20.4. The maximum Gasteiger partial charge on any atom is 0.0981 e. The molecule has 0 spiro atoms. The van der Waals surface area contributed by atoms with Gasteiger partial charge in [0.1, 0.15) is 0 Å². The van der Waals surface area contributed by atoms with E-state index in [2.05, 4.69) is 92.2 Å². The maximum atomic E-state index is 2.82. The topological polar surface area (TPSA) is 6.48 Å². The van der Waals surface area contributed by atoms with Crippen LogP contribution in [-0.4, -0.2) is 49.7 Å². The number of hydrogen-bond donors (Lipinski definition) is 0. The first-order valence-electron chi connectivity index (χ1n) is 8.03. The Labute approximate surface area is 133 Å². The van der Waals surface area contributed by atoms with Gasteiger partial charge in [0, 0.05) is 22.2 Å². The molecule has 0 atom stereocenters. The summed E-state index contributed by atoms with van der Waals surface area (Å²) in [5.41, 5.74) is 1.16. The zero-order chi connectivity index (χ0) is 16.6. The summed E-state index contributed by atoms with van der Waals surface area (Å²) in [6, 6.07) is 0. The van der Waals surface area contributed by atoms with Gasteiger partial charge in [-0.15, -0.1) is 0 Å². The fraction of sp³-hybridized carbons (Fsp3) is 1.00. The molecule has 2 nitrogen and oxygen atoms in total. The zero-order valence-electron chi connectivity index (χ0n) is 16.3. The highest BCUT2D eigenvalue weighted by Crippen LogP contribution is 2.26. The molecule has 0 rings (SSSR count). The van der Waals surface area contributed by atoms with Crippen LogP contribution in [0.4, 0.5) is 0 Å². The Bertz CT molecular complexity index is 240. The van der Waals surface area contributed by atoms with E-state index < -0.39 is 0 Å². The average Bonchev–Trinajstić information content (AvgIpc) is 2.02. The largest absolute Gasteiger partial charge is 0.321 e. The van der Waals surface area contributed by atoms with E-state index in [0.29, 0.717) is 22.2 Å². The monoisotopic (exact) mass is 316 g/mol. The molecular formula is C16H40N2Si2. The summed E-state index contributed by atoms with van der Waals surface area (Å²) in [4.78, 5) is 0. The van der Waals surface area contributed by atoms with Crippen molar-refractivity contribution in [3.63, 3.8) is 0 Å². The summed E-state index contributed by atoms with van der Waals surface area (Å²) in [5, 5.41) is 0. The van der Waals surface area contributed by atoms with Gasteiger partial charge in [-0.3, -0.25) is 0 Å². The molecule has 20 heavy (non-hydrogen) atoms. The highest BCUT2D eigenvalue weighted by atomic mass is 29.2. The molecule has 0 aromatic carbocycles.